The summed E-state index contributed by atoms with van der Waals surface area (Å²) in [6, 6.07) is 19.4. The number of benzene rings is 2. The van der Waals surface area contributed by atoms with Crippen LogP contribution >= 0.6 is 0 Å². The van der Waals surface area contributed by atoms with Gasteiger partial charge in [-0.25, -0.2) is 5.43 Å². The number of carbonyl (C=O) groups is 1. The molecule has 6 nitrogen and oxygen atoms in total. The van der Waals surface area contributed by atoms with Gasteiger partial charge in [0, 0.05) is 23.9 Å². The van der Waals surface area contributed by atoms with E-state index in [0.29, 0.717) is 18.1 Å². The molecule has 1 aromatic heterocycles. The Balaban J connectivity index is 1.32. The molecule has 30 heavy (non-hydrogen) atoms. The third kappa shape index (κ3) is 4.84. The van der Waals surface area contributed by atoms with Gasteiger partial charge in [0.05, 0.1) is 13.3 Å². The summed E-state index contributed by atoms with van der Waals surface area (Å²) in [7, 11) is 1.59. The minimum absolute atomic E-state index is 0.0117. The summed E-state index contributed by atoms with van der Waals surface area (Å²) in [5.41, 5.74) is 5.62. The summed E-state index contributed by atoms with van der Waals surface area (Å²) in [4.78, 5) is 16.4. The molecule has 2 atom stereocenters. The number of pyridine rings is 1. The monoisotopic (exact) mass is 401 g/mol. The van der Waals surface area contributed by atoms with Gasteiger partial charge in [-0.05, 0) is 47.7 Å². The van der Waals surface area contributed by atoms with Crippen LogP contribution in [0, 0.1) is 5.92 Å². The van der Waals surface area contributed by atoms with E-state index in [1.54, 1.807) is 25.7 Å². The molecule has 152 valence electrons. The first-order chi connectivity index (χ1) is 14.7. The number of hydrogen-bond acceptors (Lipinski definition) is 5. The highest BCUT2D eigenvalue weighted by Gasteiger charge is 2.43. The molecule has 4 rings (SSSR count). The van der Waals surface area contributed by atoms with Crippen LogP contribution in [0.15, 0.2) is 78.2 Å². The Morgan fingerprint density at radius 1 is 1.17 bits per heavy atom. The van der Waals surface area contributed by atoms with Gasteiger partial charge in [0.2, 0.25) is 5.91 Å². The van der Waals surface area contributed by atoms with Crippen LogP contribution in [-0.2, 0) is 11.4 Å². The quantitative estimate of drug-likeness (QED) is 0.459. The summed E-state index contributed by atoms with van der Waals surface area (Å²) in [6.07, 6.45) is 5.95. The summed E-state index contributed by atoms with van der Waals surface area (Å²) < 4.78 is 11.2. The van der Waals surface area contributed by atoms with Crippen molar-refractivity contribution in [3.05, 3.63) is 89.7 Å². The fourth-order valence-corrected chi connectivity index (χ4v) is 3.34. The third-order valence-corrected chi connectivity index (χ3v) is 5.05. The van der Waals surface area contributed by atoms with E-state index in [1.807, 2.05) is 48.5 Å². The summed E-state index contributed by atoms with van der Waals surface area (Å²) in [5.74, 6) is 1.45. The standard InChI is InChI=1S/C24H23N3O3/c1-29-23-12-17(9-10-22(23)30-16-18-6-5-11-25-14-18)15-26-27-24(28)21-13-20(21)19-7-3-2-4-8-19/h2-12,14-15,20-21H,13,16H2,1H3,(H,27,28)/b26-15+/t20-,21+/m0/s1. The van der Waals surface area contributed by atoms with Crippen LogP contribution in [0.3, 0.4) is 0 Å². The average Bonchev–Trinajstić information content (AvgIpc) is 3.60. The van der Waals surface area contributed by atoms with E-state index < -0.39 is 0 Å². The number of nitrogens with one attached hydrogen (secondary N) is 1. The zero-order chi connectivity index (χ0) is 20.8. The molecule has 0 saturated heterocycles. The van der Waals surface area contributed by atoms with Crippen LogP contribution in [0.4, 0.5) is 0 Å². The van der Waals surface area contributed by atoms with Crippen LogP contribution in [-0.4, -0.2) is 24.2 Å². The maximum atomic E-state index is 12.3. The van der Waals surface area contributed by atoms with Gasteiger partial charge in [0.15, 0.2) is 11.5 Å². The van der Waals surface area contributed by atoms with Gasteiger partial charge in [0.25, 0.3) is 0 Å². The Labute approximate surface area is 175 Å². The van der Waals surface area contributed by atoms with Crippen molar-refractivity contribution in [3.8, 4) is 11.5 Å². The van der Waals surface area contributed by atoms with Crippen LogP contribution in [0.5, 0.6) is 11.5 Å². The second-order valence-corrected chi connectivity index (χ2v) is 7.15. The fraction of sp³-hybridized carbons (Fsp3) is 0.208. The number of hydrogen-bond donors (Lipinski definition) is 1. The Hall–Kier alpha value is -3.67. The van der Waals surface area contributed by atoms with Crippen molar-refractivity contribution >= 4 is 12.1 Å². The van der Waals surface area contributed by atoms with Crippen LogP contribution in [0.25, 0.3) is 0 Å². The first kappa shape index (κ1) is 19.6. The minimum atomic E-state index is -0.0523. The fourth-order valence-electron chi connectivity index (χ4n) is 3.34. The van der Waals surface area contributed by atoms with Crippen molar-refractivity contribution < 1.29 is 14.3 Å². The molecule has 1 saturated carbocycles. The highest BCUT2D eigenvalue weighted by molar-refractivity contribution is 5.86. The lowest BCUT2D eigenvalue weighted by Gasteiger charge is -2.11. The van der Waals surface area contributed by atoms with Crippen LogP contribution in [0.1, 0.15) is 29.0 Å². The molecule has 1 heterocycles. The SMILES string of the molecule is COc1cc(/C=N/NC(=O)[C@@H]2C[C@H]2c2ccccc2)ccc1OCc1cccnc1. The average molecular weight is 401 g/mol. The van der Waals surface area contributed by atoms with Gasteiger partial charge in [-0.2, -0.15) is 5.10 Å². The van der Waals surface area contributed by atoms with Gasteiger partial charge in [-0.15, -0.1) is 0 Å². The predicted molar refractivity (Wildman–Crippen MR) is 115 cm³/mol. The van der Waals surface area contributed by atoms with Gasteiger partial charge in [-0.3, -0.25) is 9.78 Å². The highest BCUT2D eigenvalue weighted by atomic mass is 16.5. The topological polar surface area (TPSA) is 72.8 Å². The van der Waals surface area contributed by atoms with Crippen molar-refractivity contribution in [1.82, 2.24) is 10.4 Å². The van der Waals surface area contributed by atoms with Gasteiger partial charge in [0.1, 0.15) is 6.61 Å². The van der Waals surface area contributed by atoms with Crippen molar-refractivity contribution in [2.45, 2.75) is 18.9 Å². The highest BCUT2D eigenvalue weighted by Crippen LogP contribution is 2.47. The number of hydrazone groups is 1. The maximum Gasteiger partial charge on any atom is 0.243 e. The molecule has 0 radical (unpaired) electrons. The van der Waals surface area contributed by atoms with E-state index in [2.05, 4.69) is 27.6 Å². The van der Waals surface area contributed by atoms with E-state index in [9.17, 15) is 4.79 Å². The van der Waals surface area contributed by atoms with E-state index >= 15 is 0 Å². The summed E-state index contributed by atoms with van der Waals surface area (Å²) in [5, 5.41) is 4.10. The van der Waals surface area contributed by atoms with E-state index in [0.717, 1.165) is 17.5 Å². The van der Waals surface area contributed by atoms with Gasteiger partial charge < -0.3 is 9.47 Å². The normalized spacial score (nSPS) is 17.5. The number of amides is 1. The Morgan fingerprint density at radius 3 is 2.80 bits per heavy atom. The van der Waals surface area contributed by atoms with Gasteiger partial charge >= 0.3 is 0 Å². The second-order valence-electron chi connectivity index (χ2n) is 7.15. The summed E-state index contributed by atoms with van der Waals surface area (Å²) >= 11 is 0. The van der Waals surface area contributed by atoms with Gasteiger partial charge in [-0.1, -0.05) is 36.4 Å². The van der Waals surface area contributed by atoms with E-state index in [-0.39, 0.29) is 17.7 Å². The molecule has 0 aliphatic heterocycles. The number of carbonyl (C=O) groups excluding carboxylic acids is 1. The predicted octanol–water partition coefficient (Wildman–Crippen LogP) is 3.92. The van der Waals surface area contributed by atoms with Crippen molar-refractivity contribution in [2.24, 2.45) is 11.0 Å². The Kier molecular flexibility index (Phi) is 6.03. The molecule has 3 aromatic rings. The summed E-state index contributed by atoms with van der Waals surface area (Å²) in [6.45, 7) is 0.400. The zero-order valence-corrected chi connectivity index (χ0v) is 16.7. The molecular formula is C24H23N3O3. The first-order valence-corrected chi connectivity index (χ1v) is 9.82. The molecule has 1 aliphatic rings. The molecule has 2 aromatic carbocycles. The van der Waals surface area contributed by atoms with E-state index in [1.165, 1.54) is 5.56 Å². The zero-order valence-electron chi connectivity index (χ0n) is 16.7. The molecular weight excluding hydrogens is 378 g/mol. The number of methoxy groups -OCH3 is 1. The van der Waals surface area contributed by atoms with Crippen LogP contribution in [0.2, 0.25) is 0 Å². The molecule has 6 heteroatoms. The number of nitrogens with zero attached hydrogens (tertiary/aromatic N) is 2. The lowest BCUT2D eigenvalue weighted by Crippen LogP contribution is -2.20. The lowest BCUT2D eigenvalue weighted by atomic mass is 10.1. The maximum absolute atomic E-state index is 12.3. The van der Waals surface area contributed by atoms with Crippen molar-refractivity contribution in [3.63, 3.8) is 0 Å². The number of aromatic nitrogens is 1. The lowest BCUT2D eigenvalue weighted by molar-refractivity contribution is -0.122. The first-order valence-electron chi connectivity index (χ1n) is 9.82. The van der Waals surface area contributed by atoms with Crippen LogP contribution < -0.4 is 14.9 Å². The number of rotatable bonds is 8. The Bertz CT molecular complexity index is 1020. The third-order valence-electron chi connectivity index (χ3n) is 5.05. The largest absolute Gasteiger partial charge is 0.493 e. The van der Waals surface area contributed by atoms with E-state index in [4.69, 9.17) is 9.47 Å². The molecule has 0 spiro atoms. The van der Waals surface area contributed by atoms with Crippen molar-refractivity contribution in [1.29, 1.82) is 0 Å². The number of ether oxygens (including phenoxy) is 2. The van der Waals surface area contributed by atoms with Crippen molar-refractivity contribution in [2.75, 3.05) is 7.11 Å². The molecule has 0 bridgehead atoms. The molecule has 1 aliphatic carbocycles. The second kappa shape index (κ2) is 9.22. The molecule has 1 amide bonds. The molecule has 1 N–H and O–H groups in total. The molecule has 1 fully saturated rings. The Morgan fingerprint density at radius 2 is 2.03 bits per heavy atom. The smallest absolute Gasteiger partial charge is 0.243 e. The minimum Gasteiger partial charge on any atom is -0.493 e. The molecule has 0 unspecified atom stereocenters.